The van der Waals surface area contributed by atoms with Gasteiger partial charge < -0.3 is 10.4 Å². The van der Waals surface area contributed by atoms with Crippen molar-refractivity contribution in [2.75, 3.05) is 5.32 Å². The molecule has 1 aliphatic carbocycles. The Kier molecular flexibility index (Phi) is 3.47. The molecule has 0 radical (unpaired) electrons. The van der Waals surface area contributed by atoms with Crippen molar-refractivity contribution in [1.29, 1.82) is 0 Å². The molecule has 1 fully saturated rings. The molecule has 90 valence electrons. The molecule has 1 aliphatic rings. The van der Waals surface area contributed by atoms with Gasteiger partial charge in [0.15, 0.2) is 0 Å². The van der Waals surface area contributed by atoms with Crippen molar-refractivity contribution >= 4 is 33.5 Å². The topological polar surface area (TPSA) is 66.4 Å². The third kappa shape index (κ3) is 3.56. The van der Waals surface area contributed by atoms with Crippen molar-refractivity contribution in [3.05, 3.63) is 28.2 Å². The highest BCUT2D eigenvalue weighted by Crippen LogP contribution is 2.32. The van der Waals surface area contributed by atoms with Crippen molar-refractivity contribution < 1.29 is 14.7 Å². The monoisotopic (exact) mass is 297 g/mol. The third-order valence-corrected chi connectivity index (χ3v) is 3.06. The van der Waals surface area contributed by atoms with E-state index < -0.39 is 5.97 Å². The SMILES string of the molecule is O=C(CC1CC1)Nc1cc(Br)cc(C(=O)O)c1. The summed E-state index contributed by atoms with van der Waals surface area (Å²) in [5.41, 5.74) is 0.670. The lowest BCUT2D eigenvalue weighted by molar-refractivity contribution is -0.116. The van der Waals surface area contributed by atoms with Crippen LogP contribution in [-0.2, 0) is 4.79 Å². The van der Waals surface area contributed by atoms with Crippen LogP contribution in [0.4, 0.5) is 5.69 Å². The highest BCUT2D eigenvalue weighted by Gasteiger charge is 2.24. The standard InChI is InChI=1S/C12H12BrNO3/c13-9-4-8(12(16)17)5-10(6-9)14-11(15)3-7-1-2-7/h4-7H,1-3H2,(H,14,15)(H,16,17). The van der Waals surface area contributed by atoms with Gasteiger partial charge in [0.05, 0.1) is 5.56 Å². The van der Waals surface area contributed by atoms with Crippen molar-refractivity contribution in [2.45, 2.75) is 19.3 Å². The molecule has 0 aliphatic heterocycles. The molecule has 1 saturated carbocycles. The number of carbonyl (C=O) groups excluding carboxylic acids is 1. The van der Waals surface area contributed by atoms with Crippen molar-refractivity contribution in [3.8, 4) is 0 Å². The van der Waals surface area contributed by atoms with Gasteiger partial charge in [0.2, 0.25) is 5.91 Å². The lowest BCUT2D eigenvalue weighted by atomic mass is 10.2. The Hall–Kier alpha value is -1.36. The van der Waals surface area contributed by atoms with Crippen LogP contribution >= 0.6 is 15.9 Å². The first-order valence-electron chi connectivity index (χ1n) is 5.38. The minimum Gasteiger partial charge on any atom is -0.478 e. The van der Waals surface area contributed by atoms with Crippen LogP contribution in [0.5, 0.6) is 0 Å². The summed E-state index contributed by atoms with van der Waals surface area (Å²) in [6.45, 7) is 0. The maximum absolute atomic E-state index is 11.6. The van der Waals surface area contributed by atoms with Crippen LogP contribution in [0.1, 0.15) is 29.6 Å². The first-order chi connectivity index (χ1) is 8.04. The molecule has 2 N–H and O–H groups in total. The molecule has 1 aromatic carbocycles. The predicted molar refractivity (Wildman–Crippen MR) is 67.1 cm³/mol. The average molecular weight is 298 g/mol. The van der Waals surface area contributed by atoms with Gasteiger partial charge in [-0.15, -0.1) is 0 Å². The lowest BCUT2D eigenvalue weighted by Crippen LogP contribution is -2.12. The normalized spacial score (nSPS) is 14.4. The van der Waals surface area contributed by atoms with E-state index >= 15 is 0 Å². The summed E-state index contributed by atoms with van der Waals surface area (Å²) in [4.78, 5) is 22.4. The Morgan fingerprint density at radius 3 is 2.65 bits per heavy atom. The van der Waals surface area contributed by atoms with Crippen LogP contribution < -0.4 is 5.32 Å². The zero-order valence-corrected chi connectivity index (χ0v) is 10.7. The van der Waals surface area contributed by atoms with Crippen LogP contribution in [-0.4, -0.2) is 17.0 Å². The number of carboxylic acid groups (broad SMARTS) is 1. The zero-order valence-electron chi connectivity index (χ0n) is 9.07. The summed E-state index contributed by atoms with van der Waals surface area (Å²) in [5, 5.41) is 11.6. The maximum atomic E-state index is 11.6. The minimum absolute atomic E-state index is 0.0538. The number of carboxylic acids is 1. The van der Waals surface area contributed by atoms with Gasteiger partial charge in [-0.25, -0.2) is 4.79 Å². The molecule has 0 bridgehead atoms. The van der Waals surface area contributed by atoms with Crippen LogP contribution in [0.15, 0.2) is 22.7 Å². The maximum Gasteiger partial charge on any atom is 0.335 e. The molecular formula is C12H12BrNO3. The van der Waals surface area contributed by atoms with Crippen LogP contribution in [0.25, 0.3) is 0 Å². The van der Waals surface area contributed by atoms with E-state index in [1.807, 2.05) is 0 Å². The predicted octanol–water partition coefficient (Wildman–Crippen LogP) is 2.89. The molecule has 0 unspecified atom stereocenters. The highest BCUT2D eigenvalue weighted by molar-refractivity contribution is 9.10. The number of hydrogen-bond acceptors (Lipinski definition) is 2. The molecule has 0 aromatic heterocycles. The van der Waals surface area contributed by atoms with Gasteiger partial charge in [-0.3, -0.25) is 4.79 Å². The zero-order chi connectivity index (χ0) is 12.4. The minimum atomic E-state index is -1.01. The van der Waals surface area contributed by atoms with Gasteiger partial charge in [-0.2, -0.15) is 0 Å². The Bertz CT molecular complexity index is 469. The van der Waals surface area contributed by atoms with E-state index in [2.05, 4.69) is 21.2 Å². The van der Waals surface area contributed by atoms with Gasteiger partial charge in [-0.05, 0) is 37.0 Å². The Balaban J connectivity index is 2.08. The second kappa shape index (κ2) is 4.87. The summed E-state index contributed by atoms with van der Waals surface area (Å²) in [7, 11) is 0. The number of benzene rings is 1. The van der Waals surface area contributed by atoms with Crippen LogP contribution in [0.3, 0.4) is 0 Å². The molecule has 0 saturated heterocycles. The smallest absolute Gasteiger partial charge is 0.335 e. The van der Waals surface area contributed by atoms with Crippen LogP contribution in [0, 0.1) is 5.92 Å². The fraction of sp³-hybridized carbons (Fsp3) is 0.333. The molecule has 4 nitrogen and oxygen atoms in total. The number of nitrogens with one attached hydrogen (secondary N) is 1. The number of anilines is 1. The van der Waals surface area contributed by atoms with Crippen molar-refractivity contribution in [1.82, 2.24) is 0 Å². The Labute approximate surface area is 107 Å². The quantitative estimate of drug-likeness (QED) is 0.898. The molecule has 5 heteroatoms. The van der Waals surface area contributed by atoms with Crippen LogP contribution in [0.2, 0.25) is 0 Å². The largest absolute Gasteiger partial charge is 0.478 e. The molecule has 2 rings (SSSR count). The molecule has 17 heavy (non-hydrogen) atoms. The summed E-state index contributed by atoms with van der Waals surface area (Å²) >= 11 is 3.22. The number of hydrogen-bond donors (Lipinski definition) is 2. The fourth-order valence-corrected chi connectivity index (χ4v) is 2.07. The Morgan fingerprint density at radius 2 is 2.06 bits per heavy atom. The number of rotatable bonds is 4. The molecule has 0 heterocycles. The number of aromatic carboxylic acids is 1. The molecule has 0 spiro atoms. The first-order valence-corrected chi connectivity index (χ1v) is 6.17. The summed E-state index contributed by atoms with van der Waals surface area (Å²) in [5.74, 6) is -0.549. The number of carbonyl (C=O) groups is 2. The van der Waals surface area contributed by atoms with Gasteiger partial charge >= 0.3 is 5.97 Å². The number of amides is 1. The second-order valence-electron chi connectivity index (χ2n) is 4.23. The van der Waals surface area contributed by atoms with Crippen molar-refractivity contribution in [2.24, 2.45) is 5.92 Å². The van der Waals surface area contributed by atoms with E-state index in [1.165, 1.54) is 12.1 Å². The van der Waals surface area contributed by atoms with E-state index in [0.29, 0.717) is 22.5 Å². The molecule has 1 amide bonds. The van der Waals surface area contributed by atoms with E-state index in [-0.39, 0.29) is 11.5 Å². The summed E-state index contributed by atoms with van der Waals surface area (Å²) in [6, 6.07) is 4.65. The fourth-order valence-electron chi connectivity index (χ4n) is 1.58. The van der Waals surface area contributed by atoms with E-state index in [9.17, 15) is 9.59 Å². The first kappa shape index (κ1) is 12.1. The van der Waals surface area contributed by atoms with E-state index in [4.69, 9.17) is 5.11 Å². The van der Waals surface area contributed by atoms with Gasteiger partial charge in [0, 0.05) is 16.6 Å². The van der Waals surface area contributed by atoms with E-state index in [0.717, 1.165) is 12.8 Å². The van der Waals surface area contributed by atoms with Gasteiger partial charge in [0.1, 0.15) is 0 Å². The molecule has 0 atom stereocenters. The molecular weight excluding hydrogens is 286 g/mol. The average Bonchev–Trinajstić information content (AvgIpc) is 3.00. The Morgan fingerprint density at radius 1 is 1.35 bits per heavy atom. The van der Waals surface area contributed by atoms with Crippen molar-refractivity contribution in [3.63, 3.8) is 0 Å². The number of halogens is 1. The van der Waals surface area contributed by atoms with Gasteiger partial charge in [-0.1, -0.05) is 15.9 Å². The second-order valence-corrected chi connectivity index (χ2v) is 5.15. The highest BCUT2D eigenvalue weighted by atomic mass is 79.9. The summed E-state index contributed by atoms with van der Waals surface area (Å²) < 4.78 is 0.638. The lowest BCUT2D eigenvalue weighted by Gasteiger charge is -2.06. The third-order valence-electron chi connectivity index (χ3n) is 2.60. The summed E-state index contributed by atoms with van der Waals surface area (Å²) in [6.07, 6.45) is 2.76. The van der Waals surface area contributed by atoms with E-state index in [1.54, 1.807) is 6.07 Å². The molecule has 1 aromatic rings. The van der Waals surface area contributed by atoms with Gasteiger partial charge in [0.25, 0.3) is 0 Å².